The average Bonchev–Trinajstić information content (AvgIpc) is 2.30. The molecule has 88 valence electrons. The highest BCUT2D eigenvalue weighted by atomic mass is 79.9. The summed E-state index contributed by atoms with van der Waals surface area (Å²) in [6, 6.07) is 8.34. The van der Waals surface area contributed by atoms with Crippen LogP contribution in [0, 0.1) is 0 Å². The minimum atomic E-state index is 0.431. The summed E-state index contributed by atoms with van der Waals surface area (Å²) in [7, 11) is 0. The van der Waals surface area contributed by atoms with Crippen molar-refractivity contribution in [3.63, 3.8) is 0 Å². The minimum absolute atomic E-state index is 0.431. The van der Waals surface area contributed by atoms with Crippen LogP contribution in [0.5, 0.6) is 5.75 Å². The fourth-order valence-electron chi connectivity index (χ4n) is 1.68. The Balaban J connectivity index is 1.71. The van der Waals surface area contributed by atoms with E-state index in [1.54, 1.807) is 0 Å². The first-order chi connectivity index (χ1) is 7.84. The first-order valence-electron chi connectivity index (χ1n) is 5.54. The van der Waals surface area contributed by atoms with E-state index < -0.39 is 0 Å². The molecule has 1 unspecified atom stereocenters. The molecule has 1 N–H and O–H groups in total. The highest BCUT2D eigenvalue weighted by Gasteiger charge is 2.12. The summed E-state index contributed by atoms with van der Waals surface area (Å²) in [5.74, 6) is 0.908. The first kappa shape index (κ1) is 11.9. The van der Waals surface area contributed by atoms with Crippen molar-refractivity contribution in [3.8, 4) is 5.75 Å². The molecule has 0 aliphatic carbocycles. The van der Waals surface area contributed by atoms with Crippen molar-refractivity contribution in [1.82, 2.24) is 5.32 Å². The van der Waals surface area contributed by atoms with Crippen LogP contribution < -0.4 is 10.1 Å². The number of hydrogen-bond acceptors (Lipinski definition) is 3. The van der Waals surface area contributed by atoms with Gasteiger partial charge in [-0.2, -0.15) is 0 Å². The molecule has 1 aromatic carbocycles. The fraction of sp³-hybridized carbons (Fsp3) is 0.500. The zero-order valence-electron chi connectivity index (χ0n) is 9.12. The molecule has 2 rings (SSSR count). The summed E-state index contributed by atoms with van der Waals surface area (Å²) in [6.45, 7) is 3.28. The normalized spacial score (nSPS) is 20.7. The van der Waals surface area contributed by atoms with Crippen LogP contribution in [-0.4, -0.2) is 32.4 Å². The summed E-state index contributed by atoms with van der Waals surface area (Å²) < 4.78 is 12.1. The zero-order chi connectivity index (χ0) is 11.2. The standard InChI is InChI=1S/C12H16BrNO2/c13-10-2-1-3-12(8-10)16-6-4-11-9-15-7-5-14-11/h1-3,8,11,14H,4-7,9H2. The second-order valence-electron chi connectivity index (χ2n) is 3.82. The van der Waals surface area contributed by atoms with Crippen LogP contribution in [0.2, 0.25) is 0 Å². The van der Waals surface area contributed by atoms with Gasteiger partial charge in [0.1, 0.15) is 5.75 Å². The molecule has 0 saturated carbocycles. The average molecular weight is 286 g/mol. The predicted octanol–water partition coefficient (Wildman–Crippen LogP) is 2.21. The van der Waals surface area contributed by atoms with Crippen LogP contribution in [0.3, 0.4) is 0 Å². The van der Waals surface area contributed by atoms with Gasteiger partial charge in [-0.05, 0) is 24.6 Å². The molecule has 1 atom stereocenters. The van der Waals surface area contributed by atoms with E-state index in [4.69, 9.17) is 9.47 Å². The van der Waals surface area contributed by atoms with Gasteiger partial charge in [-0.3, -0.25) is 0 Å². The van der Waals surface area contributed by atoms with Gasteiger partial charge in [0, 0.05) is 17.1 Å². The lowest BCUT2D eigenvalue weighted by Crippen LogP contribution is -2.41. The quantitative estimate of drug-likeness (QED) is 0.920. The second-order valence-corrected chi connectivity index (χ2v) is 4.74. The molecule has 0 bridgehead atoms. The fourth-order valence-corrected chi connectivity index (χ4v) is 2.06. The van der Waals surface area contributed by atoms with Crippen molar-refractivity contribution in [1.29, 1.82) is 0 Å². The van der Waals surface area contributed by atoms with Crippen LogP contribution in [0.15, 0.2) is 28.7 Å². The van der Waals surface area contributed by atoms with Crippen molar-refractivity contribution in [2.45, 2.75) is 12.5 Å². The van der Waals surface area contributed by atoms with Gasteiger partial charge in [0.05, 0.1) is 19.8 Å². The Kier molecular flexibility index (Phi) is 4.63. The molecular formula is C12H16BrNO2. The molecule has 1 aliphatic rings. The molecule has 0 radical (unpaired) electrons. The van der Waals surface area contributed by atoms with E-state index >= 15 is 0 Å². The number of nitrogens with one attached hydrogen (secondary N) is 1. The molecular weight excluding hydrogens is 270 g/mol. The highest BCUT2D eigenvalue weighted by Crippen LogP contribution is 2.17. The summed E-state index contributed by atoms with van der Waals surface area (Å²) in [5.41, 5.74) is 0. The van der Waals surface area contributed by atoms with E-state index in [1.165, 1.54) is 0 Å². The Labute approximate surface area is 104 Å². The molecule has 3 nitrogen and oxygen atoms in total. The number of hydrogen-bond donors (Lipinski definition) is 1. The van der Waals surface area contributed by atoms with Crippen LogP contribution in [0.25, 0.3) is 0 Å². The van der Waals surface area contributed by atoms with Crippen LogP contribution in [0.1, 0.15) is 6.42 Å². The first-order valence-corrected chi connectivity index (χ1v) is 6.33. The monoisotopic (exact) mass is 285 g/mol. The number of rotatable bonds is 4. The smallest absolute Gasteiger partial charge is 0.120 e. The van der Waals surface area contributed by atoms with E-state index in [9.17, 15) is 0 Å². The van der Waals surface area contributed by atoms with Gasteiger partial charge < -0.3 is 14.8 Å². The Morgan fingerprint density at radius 2 is 2.44 bits per heavy atom. The lowest BCUT2D eigenvalue weighted by Gasteiger charge is -2.23. The largest absolute Gasteiger partial charge is 0.493 e. The molecule has 16 heavy (non-hydrogen) atoms. The van der Waals surface area contributed by atoms with Crippen molar-refractivity contribution in [3.05, 3.63) is 28.7 Å². The SMILES string of the molecule is Brc1cccc(OCCC2COCCN2)c1. The van der Waals surface area contributed by atoms with Gasteiger partial charge in [-0.15, -0.1) is 0 Å². The van der Waals surface area contributed by atoms with E-state index in [1.807, 2.05) is 24.3 Å². The molecule has 0 amide bonds. The van der Waals surface area contributed by atoms with Crippen molar-refractivity contribution in [2.24, 2.45) is 0 Å². The van der Waals surface area contributed by atoms with E-state index in [2.05, 4.69) is 21.2 Å². The summed E-state index contributed by atoms with van der Waals surface area (Å²) in [5, 5.41) is 3.40. The van der Waals surface area contributed by atoms with Gasteiger partial charge in [0.2, 0.25) is 0 Å². The maximum atomic E-state index is 5.66. The van der Waals surface area contributed by atoms with Crippen molar-refractivity contribution < 1.29 is 9.47 Å². The number of halogens is 1. The van der Waals surface area contributed by atoms with Crippen molar-refractivity contribution in [2.75, 3.05) is 26.4 Å². The Morgan fingerprint density at radius 1 is 1.50 bits per heavy atom. The van der Waals surface area contributed by atoms with Gasteiger partial charge in [0.15, 0.2) is 0 Å². The lowest BCUT2D eigenvalue weighted by atomic mass is 10.2. The zero-order valence-corrected chi connectivity index (χ0v) is 10.7. The Morgan fingerprint density at radius 3 is 3.19 bits per heavy atom. The molecule has 0 spiro atoms. The maximum Gasteiger partial charge on any atom is 0.120 e. The summed E-state index contributed by atoms with van der Waals surface area (Å²) in [4.78, 5) is 0. The molecule has 0 aromatic heterocycles. The molecule has 1 saturated heterocycles. The molecule has 1 aliphatic heterocycles. The van der Waals surface area contributed by atoms with Gasteiger partial charge in [-0.25, -0.2) is 0 Å². The second kappa shape index (κ2) is 6.23. The third-order valence-corrected chi connectivity index (χ3v) is 3.02. The summed E-state index contributed by atoms with van der Waals surface area (Å²) in [6.07, 6.45) is 0.979. The highest BCUT2D eigenvalue weighted by molar-refractivity contribution is 9.10. The minimum Gasteiger partial charge on any atom is -0.493 e. The molecule has 4 heteroatoms. The predicted molar refractivity (Wildman–Crippen MR) is 66.9 cm³/mol. The molecule has 1 fully saturated rings. The van der Waals surface area contributed by atoms with E-state index in [0.717, 1.165) is 43.0 Å². The summed E-state index contributed by atoms with van der Waals surface area (Å²) >= 11 is 3.42. The third kappa shape index (κ3) is 3.77. The van der Waals surface area contributed by atoms with Crippen molar-refractivity contribution >= 4 is 15.9 Å². The number of benzene rings is 1. The van der Waals surface area contributed by atoms with Crippen LogP contribution >= 0.6 is 15.9 Å². The Bertz CT molecular complexity index is 327. The van der Waals surface area contributed by atoms with Gasteiger partial charge in [0.25, 0.3) is 0 Å². The topological polar surface area (TPSA) is 30.5 Å². The molecule has 1 heterocycles. The number of morpholine rings is 1. The van der Waals surface area contributed by atoms with E-state index in [-0.39, 0.29) is 0 Å². The van der Waals surface area contributed by atoms with Gasteiger partial charge in [-0.1, -0.05) is 22.0 Å². The lowest BCUT2D eigenvalue weighted by molar-refractivity contribution is 0.0691. The number of ether oxygens (including phenoxy) is 2. The van der Waals surface area contributed by atoms with Crippen LogP contribution in [0.4, 0.5) is 0 Å². The third-order valence-electron chi connectivity index (χ3n) is 2.53. The van der Waals surface area contributed by atoms with E-state index in [0.29, 0.717) is 6.04 Å². The van der Waals surface area contributed by atoms with Crippen LogP contribution in [-0.2, 0) is 4.74 Å². The molecule has 1 aromatic rings. The Hall–Kier alpha value is -0.580. The van der Waals surface area contributed by atoms with Gasteiger partial charge >= 0.3 is 0 Å². The maximum absolute atomic E-state index is 5.66.